The maximum atomic E-state index is 10.8. The Balaban J connectivity index is 2.16. The normalized spacial score (nSPS) is 10.6. The van der Waals surface area contributed by atoms with Crippen LogP contribution in [0.3, 0.4) is 0 Å². The zero-order chi connectivity index (χ0) is 15.9. The standard InChI is InChI=1S/C16H15ClN2O3/c1-2-22-15-6-4-3-5-12(15)10-18-19-14-9-11(16(20)21)7-8-13(14)17/h3-10,19H,2H2,1H3,(H,20,21)/p-1/b18-10-. The average Bonchev–Trinajstić information content (AvgIpc) is 2.51. The van der Waals surface area contributed by atoms with Gasteiger partial charge in [0.15, 0.2) is 0 Å². The monoisotopic (exact) mass is 317 g/mol. The number of carbonyl (C=O) groups is 1. The van der Waals surface area contributed by atoms with Crippen molar-refractivity contribution in [1.29, 1.82) is 0 Å². The van der Waals surface area contributed by atoms with Gasteiger partial charge in [-0.05, 0) is 36.8 Å². The van der Waals surface area contributed by atoms with Gasteiger partial charge in [0, 0.05) is 5.56 Å². The highest BCUT2D eigenvalue weighted by Crippen LogP contribution is 2.23. The summed E-state index contributed by atoms with van der Waals surface area (Å²) in [4.78, 5) is 10.8. The van der Waals surface area contributed by atoms with Crippen molar-refractivity contribution in [1.82, 2.24) is 0 Å². The topological polar surface area (TPSA) is 73.8 Å². The number of nitrogens with one attached hydrogen (secondary N) is 1. The van der Waals surface area contributed by atoms with Gasteiger partial charge in [-0.25, -0.2) is 0 Å². The predicted molar refractivity (Wildman–Crippen MR) is 84.6 cm³/mol. The smallest absolute Gasteiger partial charge is 0.128 e. The molecule has 0 unspecified atom stereocenters. The molecule has 22 heavy (non-hydrogen) atoms. The van der Waals surface area contributed by atoms with Gasteiger partial charge in [-0.2, -0.15) is 5.10 Å². The Morgan fingerprint density at radius 3 is 2.86 bits per heavy atom. The van der Waals surface area contributed by atoms with E-state index in [2.05, 4.69) is 10.5 Å². The lowest BCUT2D eigenvalue weighted by Gasteiger charge is -2.08. The fourth-order valence-electron chi connectivity index (χ4n) is 1.78. The number of aromatic carboxylic acids is 1. The molecule has 1 N–H and O–H groups in total. The first-order valence-corrected chi connectivity index (χ1v) is 7.01. The SMILES string of the molecule is CCOc1ccccc1/C=N\Nc1cc(C(=O)[O-])ccc1Cl. The van der Waals surface area contributed by atoms with E-state index in [4.69, 9.17) is 16.3 Å². The lowest BCUT2D eigenvalue weighted by molar-refractivity contribution is -0.255. The van der Waals surface area contributed by atoms with Crippen molar-refractivity contribution in [2.24, 2.45) is 5.10 Å². The average molecular weight is 318 g/mol. The number of carboxylic acid groups (broad SMARTS) is 1. The molecule has 0 radical (unpaired) electrons. The molecule has 0 fully saturated rings. The Hall–Kier alpha value is -2.53. The van der Waals surface area contributed by atoms with E-state index < -0.39 is 5.97 Å². The molecular weight excluding hydrogens is 304 g/mol. The van der Waals surface area contributed by atoms with Crippen LogP contribution < -0.4 is 15.3 Å². The highest BCUT2D eigenvalue weighted by molar-refractivity contribution is 6.33. The van der Waals surface area contributed by atoms with Crippen molar-refractivity contribution >= 4 is 29.5 Å². The summed E-state index contributed by atoms with van der Waals surface area (Å²) in [6.07, 6.45) is 1.58. The zero-order valence-electron chi connectivity index (χ0n) is 11.9. The molecule has 6 heteroatoms. The van der Waals surface area contributed by atoms with Gasteiger partial charge in [-0.3, -0.25) is 5.43 Å². The van der Waals surface area contributed by atoms with Gasteiger partial charge in [-0.1, -0.05) is 29.8 Å². The Labute approximate surface area is 133 Å². The van der Waals surface area contributed by atoms with E-state index in [0.717, 1.165) is 5.56 Å². The number of para-hydroxylation sites is 1. The van der Waals surface area contributed by atoms with Gasteiger partial charge in [-0.15, -0.1) is 0 Å². The summed E-state index contributed by atoms with van der Waals surface area (Å²) in [7, 11) is 0. The third-order valence-corrected chi connectivity index (χ3v) is 3.14. The van der Waals surface area contributed by atoms with Crippen LogP contribution in [0.2, 0.25) is 5.02 Å². The Bertz CT molecular complexity index is 702. The first-order valence-electron chi connectivity index (χ1n) is 6.63. The van der Waals surface area contributed by atoms with Crippen LogP contribution in [0.5, 0.6) is 5.75 Å². The van der Waals surface area contributed by atoms with Gasteiger partial charge in [0.2, 0.25) is 0 Å². The lowest BCUT2D eigenvalue weighted by Crippen LogP contribution is -2.22. The Morgan fingerprint density at radius 2 is 2.14 bits per heavy atom. The van der Waals surface area contributed by atoms with Crippen LogP contribution >= 0.6 is 11.6 Å². The van der Waals surface area contributed by atoms with Crippen molar-refractivity contribution in [3.05, 3.63) is 58.6 Å². The molecule has 5 nitrogen and oxygen atoms in total. The number of hydrogen-bond donors (Lipinski definition) is 1. The fourth-order valence-corrected chi connectivity index (χ4v) is 1.94. The van der Waals surface area contributed by atoms with Gasteiger partial charge < -0.3 is 14.6 Å². The summed E-state index contributed by atoms with van der Waals surface area (Å²) in [6, 6.07) is 11.6. The molecule has 2 aromatic rings. The second-order valence-corrected chi connectivity index (χ2v) is 4.73. The van der Waals surface area contributed by atoms with Crippen LogP contribution in [0.15, 0.2) is 47.6 Å². The van der Waals surface area contributed by atoms with Crippen LogP contribution in [0.25, 0.3) is 0 Å². The summed E-state index contributed by atoms with van der Waals surface area (Å²) < 4.78 is 5.48. The summed E-state index contributed by atoms with van der Waals surface area (Å²) in [5.74, 6) is -0.560. The summed E-state index contributed by atoms with van der Waals surface area (Å²) in [5.41, 5.74) is 3.92. The molecule has 0 aromatic heterocycles. The van der Waals surface area contributed by atoms with Gasteiger partial charge in [0.25, 0.3) is 0 Å². The molecule has 0 spiro atoms. The van der Waals surface area contributed by atoms with E-state index in [1.54, 1.807) is 6.21 Å². The fraction of sp³-hybridized carbons (Fsp3) is 0.125. The van der Waals surface area contributed by atoms with Crippen LogP contribution in [-0.2, 0) is 0 Å². The molecule has 0 aliphatic rings. The van der Waals surface area contributed by atoms with Gasteiger partial charge in [0.05, 0.1) is 29.5 Å². The number of carbonyl (C=O) groups excluding carboxylic acids is 1. The van der Waals surface area contributed by atoms with Crippen molar-refractivity contribution in [3.8, 4) is 5.75 Å². The van der Waals surface area contributed by atoms with Crippen LogP contribution in [0.4, 0.5) is 5.69 Å². The molecular formula is C16H14ClN2O3-. The molecule has 0 heterocycles. The van der Waals surface area contributed by atoms with Crippen LogP contribution in [0.1, 0.15) is 22.8 Å². The molecule has 2 rings (SSSR count). The minimum absolute atomic E-state index is 0.0248. The highest BCUT2D eigenvalue weighted by Gasteiger charge is 2.02. The first kappa shape index (κ1) is 15.9. The minimum atomic E-state index is -1.27. The van der Waals surface area contributed by atoms with Gasteiger partial charge in [0.1, 0.15) is 5.75 Å². The predicted octanol–water partition coefficient (Wildman–Crippen LogP) is 2.55. The van der Waals surface area contributed by atoms with E-state index in [0.29, 0.717) is 23.1 Å². The first-order chi connectivity index (χ1) is 10.6. The van der Waals surface area contributed by atoms with Crippen molar-refractivity contribution < 1.29 is 14.6 Å². The Morgan fingerprint density at radius 1 is 1.36 bits per heavy atom. The molecule has 0 saturated heterocycles. The van der Waals surface area contributed by atoms with Gasteiger partial charge >= 0.3 is 0 Å². The van der Waals surface area contributed by atoms with E-state index in [9.17, 15) is 9.90 Å². The van der Waals surface area contributed by atoms with E-state index >= 15 is 0 Å². The number of hydrogen-bond acceptors (Lipinski definition) is 5. The molecule has 0 bridgehead atoms. The highest BCUT2D eigenvalue weighted by atomic mass is 35.5. The molecule has 114 valence electrons. The number of anilines is 1. The number of ether oxygens (including phenoxy) is 1. The number of carboxylic acids is 1. The third kappa shape index (κ3) is 3.99. The molecule has 0 amide bonds. The van der Waals surface area contributed by atoms with E-state index in [-0.39, 0.29) is 5.56 Å². The third-order valence-electron chi connectivity index (χ3n) is 2.81. The zero-order valence-corrected chi connectivity index (χ0v) is 12.6. The molecule has 0 aliphatic heterocycles. The van der Waals surface area contributed by atoms with Crippen molar-refractivity contribution in [2.75, 3.05) is 12.0 Å². The van der Waals surface area contributed by atoms with Crippen LogP contribution in [0, 0.1) is 0 Å². The van der Waals surface area contributed by atoms with Crippen LogP contribution in [-0.4, -0.2) is 18.8 Å². The van der Waals surface area contributed by atoms with E-state index in [1.807, 2.05) is 31.2 Å². The summed E-state index contributed by atoms with van der Waals surface area (Å²) >= 11 is 5.99. The molecule has 0 atom stereocenters. The quantitative estimate of drug-likeness (QED) is 0.656. The van der Waals surface area contributed by atoms with Crippen molar-refractivity contribution in [3.63, 3.8) is 0 Å². The second kappa shape index (κ2) is 7.47. The summed E-state index contributed by atoms with van der Waals surface area (Å²) in [5, 5.41) is 15.3. The van der Waals surface area contributed by atoms with Crippen molar-refractivity contribution in [2.45, 2.75) is 6.92 Å². The number of benzene rings is 2. The lowest BCUT2D eigenvalue weighted by atomic mass is 10.2. The number of nitrogens with zero attached hydrogens (tertiary/aromatic N) is 1. The molecule has 2 aromatic carbocycles. The number of rotatable bonds is 6. The second-order valence-electron chi connectivity index (χ2n) is 4.32. The maximum Gasteiger partial charge on any atom is 0.128 e. The number of hydrazone groups is 1. The molecule has 0 saturated carbocycles. The summed E-state index contributed by atoms with van der Waals surface area (Å²) in [6.45, 7) is 2.45. The largest absolute Gasteiger partial charge is 0.545 e. The maximum absolute atomic E-state index is 10.8. The minimum Gasteiger partial charge on any atom is -0.545 e. The number of halogens is 1. The Kier molecular flexibility index (Phi) is 5.38. The molecule has 0 aliphatic carbocycles. The van der Waals surface area contributed by atoms with E-state index in [1.165, 1.54) is 18.2 Å².